The zero-order valence-corrected chi connectivity index (χ0v) is 18.8. The van der Waals surface area contributed by atoms with Crippen LogP contribution in [0.2, 0.25) is 0 Å². The number of quaternary nitrogens is 1. The number of methoxy groups -OCH3 is 1. The lowest BCUT2D eigenvalue weighted by molar-refractivity contribution is 0.0880. The quantitative estimate of drug-likeness (QED) is 0.325. The highest BCUT2D eigenvalue weighted by Crippen LogP contribution is 2.42. The zero-order valence-electron chi connectivity index (χ0n) is 16.4. The van der Waals surface area contributed by atoms with Gasteiger partial charge in [0.25, 0.3) is 0 Å². The number of aliphatic imine (C=N–C) groups is 1. The van der Waals surface area contributed by atoms with Crippen molar-refractivity contribution in [1.82, 2.24) is 4.48 Å². The first kappa shape index (κ1) is 20.7. The van der Waals surface area contributed by atoms with Gasteiger partial charge in [-0.05, 0) is 29.8 Å². The Kier molecular flexibility index (Phi) is 5.73. The molecule has 154 valence electrons. The molecule has 0 fully saturated rings. The van der Waals surface area contributed by atoms with Crippen molar-refractivity contribution in [2.45, 2.75) is 0 Å². The molecule has 4 rings (SSSR count). The summed E-state index contributed by atoms with van der Waals surface area (Å²) >= 11 is 4.70. The Hall–Kier alpha value is -2.55. The largest absolute Gasteiger partial charge is 0.493 e. The van der Waals surface area contributed by atoms with Crippen LogP contribution in [-0.4, -0.2) is 38.3 Å². The third-order valence-electron chi connectivity index (χ3n) is 4.90. The van der Waals surface area contributed by atoms with Crippen LogP contribution in [0.15, 0.2) is 53.5 Å². The van der Waals surface area contributed by atoms with Crippen LogP contribution in [0.4, 0.5) is 15.8 Å². The van der Waals surface area contributed by atoms with Gasteiger partial charge in [-0.15, -0.1) is 11.3 Å². The molecule has 2 aromatic carbocycles. The Bertz CT molecular complexity index is 1130. The first-order chi connectivity index (χ1) is 14.5. The number of thiophene rings is 1. The normalized spacial score (nSPS) is 17.7. The molecule has 3 aromatic rings. The first-order valence-electron chi connectivity index (χ1n) is 9.19. The fraction of sp³-hybridized carbons (Fsp3) is 0.182. The minimum absolute atomic E-state index is 0.0884. The second kappa shape index (κ2) is 8.29. The number of hydrogen-bond acceptors (Lipinski definition) is 5. The molecule has 1 aliphatic heterocycles. The highest BCUT2D eigenvalue weighted by Gasteiger charge is 2.41. The summed E-state index contributed by atoms with van der Waals surface area (Å²) in [5.74, 6) is 0.785. The number of carbonyl (C=O) groups is 1. The summed E-state index contributed by atoms with van der Waals surface area (Å²) in [4.78, 5) is 19.4. The molecule has 0 saturated carbocycles. The van der Waals surface area contributed by atoms with Crippen molar-refractivity contribution in [2.75, 3.05) is 26.1 Å². The highest BCUT2D eigenvalue weighted by molar-refractivity contribution is 9.09. The molecule has 1 unspecified atom stereocenters. The Morgan fingerprint density at radius 2 is 1.90 bits per heavy atom. The van der Waals surface area contributed by atoms with E-state index in [0.29, 0.717) is 39.7 Å². The van der Waals surface area contributed by atoms with Crippen LogP contribution in [0.5, 0.6) is 11.5 Å². The standard InChI is InChI=1S/C22H19BrFN2O3S/c1-26(16-7-8-18(29-10-9-23)19(11-16)28-2)13-25-17-12-20(30-21(17)22(26)27)14-3-5-15(24)6-4-14/h3-8,11-13H,9-10H2,1-2H3/q+1. The number of ether oxygens (including phenoxy) is 2. The molecular formula is C22H19BrFN2O3S+. The topological polar surface area (TPSA) is 47.9 Å². The maximum Gasteiger partial charge on any atom is 0.368 e. The van der Waals surface area contributed by atoms with Gasteiger partial charge in [0.05, 0.1) is 26.5 Å². The second-order valence-electron chi connectivity index (χ2n) is 6.83. The third-order valence-corrected chi connectivity index (χ3v) is 6.39. The number of nitrogens with zero attached hydrogens (tertiary/aromatic N) is 2. The average Bonchev–Trinajstić information content (AvgIpc) is 3.20. The number of fused-ring (bicyclic) bond motifs is 1. The van der Waals surface area contributed by atoms with Crippen molar-refractivity contribution < 1.29 is 18.7 Å². The van der Waals surface area contributed by atoms with E-state index in [0.717, 1.165) is 10.4 Å². The van der Waals surface area contributed by atoms with Crippen LogP contribution in [0.1, 0.15) is 9.67 Å². The molecule has 0 radical (unpaired) electrons. The predicted molar refractivity (Wildman–Crippen MR) is 122 cm³/mol. The third kappa shape index (κ3) is 3.66. The number of rotatable bonds is 6. The lowest BCUT2D eigenvalue weighted by atomic mass is 10.1. The molecule has 5 nitrogen and oxygen atoms in total. The maximum atomic E-state index is 13.4. The van der Waals surface area contributed by atoms with Crippen LogP contribution < -0.4 is 14.0 Å². The minimum atomic E-state index is -0.295. The summed E-state index contributed by atoms with van der Waals surface area (Å²) in [5.41, 5.74) is 2.20. The smallest absolute Gasteiger partial charge is 0.368 e. The molecule has 30 heavy (non-hydrogen) atoms. The maximum absolute atomic E-state index is 13.4. The van der Waals surface area contributed by atoms with E-state index in [9.17, 15) is 9.18 Å². The van der Waals surface area contributed by atoms with Gasteiger partial charge >= 0.3 is 5.91 Å². The number of benzene rings is 2. The fourth-order valence-electron chi connectivity index (χ4n) is 3.22. The Balaban J connectivity index is 1.69. The van der Waals surface area contributed by atoms with E-state index in [2.05, 4.69) is 20.9 Å². The summed E-state index contributed by atoms with van der Waals surface area (Å²) in [6.07, 6.45) is 1.62. The van der Waals surface area contributed by atoms with Crippen LogP contribution in [0.25, 0.3) is 10.4 Å². The molecule has 0 aliphatic carbocycles. The summed E-state index contributed by atoms with van der Waals surface area (Å²) in [5, 5.41) is 0.703. The summed E-state index contributed by atoms with van der Waals surface area (Å²) in [7, 11) is 3.36. The van der Waals surface area contributed by atoms with Crippen molar-refractivity contribution in [3.05, 3.63) is 59.2 Å². The van der Waals surface area contributed by atoms with Gasteiger partial charge in [-0.25, -0.2) is 14.2 Å². The Labute approximate surface area is 186 Å². The van der Waals surface area contributed by atoms with Gasteiger partial charge < -0.3 is 9.47 Å². The van der Waals surface area contributed by atoms with E-state index in [4.69, 9.17) is 9.47 Å². The monoisotopic (exact) mass is 489 g/mol. The van der Waals surface area contributed by atoms with Crippen LogP contribution in [-0.2, 0) is 0 Å². The molecule has 2 heterocycles. The van der Waals surface area contributed by atoms with E-state index < -0.39 is 0 Å². The molecular weight excluding hydrogens is 471 g/mol. The van der Waals surface area contributed by atoms with E-state index in [-0.39, 0.29) is 16.2 Å². The van der Waals surface area contributed by atoms with E-state index in [1.165, 1.54) is 23.5 Å². The number of carbonyl (C=O) groups excluding carboxylic acids is 1. The van der Waals surface area contributed by atoms with Crippen LogP contribution in [0, 0.1) is 5.82 Å². The fourth-order valence-corrected chi connectivity index (χ4v) is 4.52. The van der Waals surface area contributed by atoms with Gasteiger partial charge in [0.15, 0.2) is 16.4 Å². The Morgan fingerprint density at radius 1 is 1.13 bits per heavy atom. The molecule has 0 N–H and O–H groups in total. The van der Waals surface area contributed by atoms with Crippen molar-refractivity contribution >= 4 is 50.9 Å². The number of amides is 1. The lowest BCUT2D eigenvalue weighted by Crippen LogP contribution is -2.50. The number of hydrogen-bond donors (Lipinski definition) is 0. The molecule has 1 amide bonds. The summed E-state index contributed by atoms with van der Waals surface area (Å²) < 4.78 is 24.3. The highest BCUT2D eigenvalue weighted by atomic mass is 79.9. The molecule has 0 spiro atoms. The summed E-state index contributed by atoms with van der Waals surface area (Å²) in [6.45, 7) is 0.507. The van der Waals surface area contributed by atoms with Crippen LogP contribution in [0.3, 0.4) is 0 Å². The molecule has 8 heteroatoms. The molecule has 1 atom stereocenters. The van der Waals surface area contributed by atoms with Gasteiger partial charge in [-0.3, -0.25) is 0 Å². The van der Waals surface area contributed by atoms with Gasteiger partial charge in [0, 0.05) is 22.3 Å². The average molecular weight is 490 g/mol. The van der Waals surface area contributed by atoms with E-state index in [1.807, 2.05) is 12.1 Å². The van der Waals surface area contributed by atoms with Crippen molar-refractivity contribution in [3.63, 3.8) is 0 Å². The molecule has 0 saturated heterocycles. The zero-order chi connectivity index (χ0) is 21.3. The number of alkyl halides is 1. The van der Waals surface area contributed by atoms with E-state index >= 15 is 0 Å². The van der Waals surface area contributed by atoms with E-state index in [1.54, 1.807) is 44.8 Å². The van der Waals surface area contributed by atoms with Crippen LogP contribution >= 0.6 is 27.3 Å². The van der Waals surface area contributed by atoms with Crippen molar-refractivity contribution in [2.24, 2.45) is 4.99 Å². The first-order valence-corrected chi connectivity index (χ1v) is 11.1. The molecule has 1 aliphatic rings. The molecule has 1 aromatic heterocycles. The predicted octanol–water partition coefficient (Wildman–Crippen LogP) is 5.79. The second-order valence-corrected chi connectivity index (χ2v) is 8.67. The minimum Gasteiger partial charge on any atom is -0.493 e. The number of halogens is 2. The summed E-state index contributed by atoms with van der Waals surface area (Å²) in [6, 6.07) is 13.5. The van der Waals surface area contributed by atoms with Crippen molar-refractivity contribution in [1.29, 1.82) is 0 Å². The SMILES string of the molecule is COc1cc([N+]2(C)C=Nc3cc(-c4ccc(F)cc4)sc3C2=O)ccc1OCCBr. The lowest BCUT2D eigenvalue weighted by Gasteiger charge is -2.28. The van der Waals surface area contributed by atoms with Gasteiger partial charge in [0.1, 0.15) is 11.5 Å². The van der Waals surface area contributed by atoms with Crippen molar-refractivity contribution in [3.8, 4) is 21.9 Å². The van der Waals surface area contributed by atoms with Gasteiger partial charge in [-0.1, -0.05) is 28.1 Å². The van der Waals surface area contributed by atoms with Gasteiger partial charge in [-0.2, -0.15) is 4.48 Å². The Morgan fingerprint density at radius 3 is 2.60 bits per heavy atom. The molecule has 0 bridgehead atoms. The van der Waals surface area contributed by atoms with Gasteiger partial charge in [0.2, 0.25) is 6.34 Å².